The SMILES string of the molecule is CCCCCCCCCCCCCCCCCCCCCCC/C=C/CC/C=C/CC/C=C/C(O)C(COP(=O)(O)OCC[N+](C)(C)C)NC(=O)CCCCCCCCCCCCCCCCCCCCCCCCCCCCCCCC. The molecule has 0 spiro atoms. The van der Waals surface area contributed by atoms with E-state index in [1.807, 2.05) is 27.2 Å². The Kier molecular flexibility index (Phi) is 64.2. The van der Waals surface area contributed by atoms with Gasteiger partial charge in [0.25, 0.3) is 0 Å². The Bertz CT molecular complexity index is 1450. The van der Waals surface area contributed by atoms with Crippen molar-refractivity contribution in [3.8, 4) is 0 Å². The molecule has 0 saturated carbocycles. The summed E-state index contributed by atoms with van der Waals surface area (Å²) in [6, 6.07) is -0.870. The Morgan fingerprint density at radius 3 is 0.964 bits per heavy atom. The maximum atomic E-state index is 13.1. The summed E-state index contributed by atoms with van der Waals surface area (Å²) in [5.74, 6) is -0.183. The maximum Gasteiger partial charge on any atom is 0.472 e. The molecule has 8 nitrogen and oxygen atoms in total. The van der Waals surface area contributed by atoms with Gasteiger partial charge in [-0.05, 0) is 44.9 Å². The van der Waals surface area contributed by atoms with Crippen LogP contribution in [0.3, 0.4) is 0 Å². The summed E-state index contributed by atoms with van der Waals surface area (Å²) in [5, 5.41) is 14.0. The van der Waals surface area contributed by atoms with Gasteiger partial charge in [0.15, 0.2) is 0 Å². The molecule has 0 saturated heterocycles. The van der Waals surface area contributed by atoms with Crippen LogP contribution in [0.1, 0.15) is 380 Å². The Morgan fingerprint density at radius 1 is 0.398 bits per heavy atom. The summed E-state index contributed by atoms with van der Waals surface area (Å²) < 4.78 is 23.8. The van der Waals surface area contributed by atoms with Gasteiger partial charge < -0.3 is 19.8 Å². The molecule has 3 unspecified atom stereocenters. The van der Waals surface area contributed by atoms with Gasteiger partial charge in [-0.1, -0.05) is 365 Å². The Labute approximate surface area is 518 Å². The van der Waals surface area contributed by atoms with Gasteiger partial charge >= 0.3 is 7.82 Å². The number of carbonyl (C=O) groups excluding carboxylic acids is 1. The van der Waals surface area contributed by atoms with Crippen molar-refractivity contribution in [2.75, 3.05) is 40.9 Å². The van der Waals surface area contributed by atoms with Crippen LogP contribution in [-0.4, -0.2) is 73.4 Å². The highest BCUT2D eigenvalue weighted by molar-refractivity contribution is 7.47. The van der Waals surface area contributed by atoms with Crippen molar-refractivity contribution in [2.45, 2.75) is 392 Å². The van der Waals surface area contributed by atoms with E-state index < -0.39 is 20.0 Å². The third-order valence-corrected chi connectivity index (χ3v) is 18.1. The molecular weight excluding hydrogens is 1040 g/mol. The number of quaternary nitrogens is 1. The molecule has 3 atom stereocenters. The molecule has 0 aliphatic carbocycles. The molecule has 0 aromatic rings. The van der Waals surface area contributed by atoms with Crippen LogP contribution >= 0.6 is 7.82 Å². The first-order valence-electron chi connectivity index (χ1n) is 36.9. The van der Waals surface area contributed by atoms with Crippen molar-refractivity contribution in [1.82, 2.24) is 5.32 Å². The molecule has 83 heavy (non-hydrogen) atoms. The third-order valence-electron chi connectivity index (χ3n) is 17.1. The quantitative estimate of drug-likeness (QED) is 0.0243. The van der Waals surface area contributed by atoms with Gasteiger partial charge in [-0.2, -0.15) is 0 Å². The van der Waals surface area contributed by atoms with E-state index in [9.17, 15) is 19.4 Å². The number of hydrogen-bond acceptors (Lipinski definition) is 5. The van der Waals surface area contributed by atoms with Crippen molar-refractivity contribution in [1.29, 1.82) is 0 Å². The number of nitrogens with one attached hydrogen (secondary N) is 1. The Hall–Kier alpha value is -1.28. The van der Waals surface area contributed by atoms with Gasteiger partial charge in [-0.3, -0.25) is 13.8 Å². The monoisotopic (exact) mass is 1190 g/mol. The number of likely N-dealkylation sites (N-methyl/N-ethyl adjacent to an activating group) is 1. The lowest BCUT2D eigenvalue weighted by molar-refractivity contribution is -0.870. The molecule has 9 heteroatoms. The highest BCUT2D eigenvalue weighted by atomic mass is 31.2. The van der Waals surface area contributed by atoms with Crippen LogP contribution in [0.5, 0.6) is 0 Å². The van der Waals surface area contributed by atoms with Crippen LogP contribution < -0.4 is 5.32 Å². The second kappa shape index (κ2) is 65.2. The van der Waals surface area contributed by atoms with Crippen molar-refractivity contribution < 1.29 is 32.9 Å². The topological polar surface area (TPSA) is 105 Å². The van der Waals surface area contributed by atoms with Gasteiger partial charge in [-0.25, -0.2) is 4.57 Å². The number of carbonyl (C=O) groups is 1. The lowest BCUT2D eigenvalue weighted by atomic mass is 10.0. The molecule has 0 aliphatic rings. The zero-order valence-corrected chi connectivity index (χ0v) is 57.4. The van der Waals surface area contributed by atoms with Crippen molar-refractivity contribution >= 4 is 13.7 Å². The number of aliphatic hydroxyl groups is 1. The van der Waals surface area contributed by atoms with E-state index in [2.05, 4.69) is 43.5 Å². The maximum absolute atomic E-state index is 13.1. The van der Waals surface area contributed by atoms with E-state index in [0.717, 1.165) is 44.9 Å². The van der Waals surface area contributed by atoms with E-state index in [1.165, 1.54) is 315 Å². The normalized spacial score (nSPS) is 13.8. The molecule has 0 radical (unpaired) electrons. The number of phosphoric ester groups is 1. The highest BCUT2D eigenvalue weighted by Gasteiger charge is 2.28. The highest BCUT2D eigenvalue weighted by Crippen LogP contribution is 2.43. The Balaban J connectivity index is 4.07. The smallest absolute Gasteiger partial charge is 0.387 e. The average Bonchev–Trinajstić information content (AvgIpc) is 3.49. The summed E-state index contributed by atoms with van der Waals surface area (Å²) in [4.78, 5) is 23.4. The summed E-state index contributed by atoms with van der Waals surface area (Å²) in [7, 11) is 1.56. The standard InChI is InChI=1S/C74H145N2O6P/c1-6-8-10-12-14-16-18-20-22-24-26-28-30-32-34-36-38-39-41-43-45-47-49-51-53-55-57-59-61-63-65-67-73(77)72(71-82-83(79,80)81-70-69-76(3,4)5)75-74(78)68-66-64-62-60-58-56-54-52-50-48-46-44-42-40-37-35-33-31-29-27-25-23-21-19-17-15-13-11-9-7-2/h49,51,57,59,65,67,72-73,77H,6-48,50,52-56,58,60-64,66,68-71H2,1-5H3,(H-,75,78,79,80)/p+1/b51-49+,59-57+,67-65+. The predicted molar refractivity (Wildman–Crippen MR) is 365 cm³/mol. The van der Waals surface area contributed by atoms with Crippen molar-refractivity contribution in [3.63, 3.8) is 0 Å². The van der Waals surface area contributed by atoms with E-state index in [0.29, 0.717) is 17.4 Å². The number of phosphoric acid groups is 1. The fraction of sp³-hybridized carbons (Fsp3) is 0.905. The van der Waals surface area contributed by atoms with Gasteiger partial charge in [-0.15, -0.1) is 0 Å². The molecule has 492 valence electrons. The first-order chi connectivity index (χ1) is 40.5. The molecule has 0 heterocycles. The number of amides is 1. The molecule has 0 fully saturated rings. The number of hydrogen-bond donors (Lipinski definition) is 3. The van der Waals surface area contributed by atoms with Gasteiger partial charge in [0.2, 0.25) is 5.91 Å². The van der Waals surface area contributed by atoms with Crippen LogP contribution in [-0.2, 0) is 18.4 Å². The zero-order chi connectivity index (χ0) is 60.5. The van der Waals surface area contributed by atoms with Gasteiger partial charge in [0.1, 0.15) is 13.2 Å². The number of aliphatic hydroxyl groups excluding tert-OH is 1. The zero-order valence-electron chi connectivity index (χ0n) is 56.5. The first-order valence-corrected chi connectivity index (χ1v) is 38.4. The second-order valence-corrected chi connectivity index (χ2v) is 28.1. The van der Waals surface area contributed by atoms with Crippen molar-refractivity contribution in [2.24, 2.45) is 0 Å². The fourth-order valence-electron chi connectivity index (χ4n) is 11.4. The van der Waals surface area contributed by atoms with E-state index in [1.54, 1.807) is 6.08 Å². The fourth-order valence-corrected chi connectivity index (χ4v) is 12.1. The largest absolute Gasteiger partial charge is 0.472 e. The average molecular weight is 1190 g/mol. The van der Waals surface area contributed by atoms with Crippen LogP contribution in [0.4, 0.5) is 0 Å². The van der Waals surface area contributed by atoms with E-state index in [-0.39, 0.29) is 19.1 Å². The number of allylic oxidation sites excluding steroid dienone is 5. The van der Waals surface area contributed by atoms with E-state index >= 15 is 0 Å². The molecular formula is C74H146N2O6P+. The first kappa shape index (κ1) is 81.7. The summed E-state index contributed by atoms with van der Waals surface area (Å²) in [5.41, 5.74) is 0. The molecule has 0 rings (SSSR count). The summed E-state index contributed by atoms with van der Waals surface area (Å²) >= 11 is 0. The van der Waals surface area contributed by atoms with E-state index in [4.69, 9.17) is 9.05 Å². The predicted octanol–water partition coefficient (Wildman–Crippen LogP) is 23.6. The lowest BCUT2D eigenvalue weighted by Gasteiger charge is -2.25. The third kappa shape index (κ3) is 68.1. The number of rotatable bonds is 69. The Morgan fingerprint density at radius 2 is 0.663 bits per heavy atom. The molecule has 0 aliphatic heterocycles. The molecule has 0 aromatic carbocycles. The number of nitrogens with zero attached hydrogens (tertiary/aromatic N) is 1. The second-order valence-electron chi connectivity index (χ2n) is 26.7. The molecule has 1 amide bonds. The molecule has 0 bridgehead atoms. The molecule has 3 N–H and O–H groups in total. The van der Waals surface area contributed by atoms with Gasteiger partial charge in [0.05, 0.1) is 39.9 Å². The minimum absolute atomic E-state index is 0.0555. The van der Waals surface area contributed by atoms with Crippen molar-refractivity contribution in [3.05, 3.63) is 36.5 Å². The van der Waals surface area contributed by atoms with Crippen LogP contribution in [0, 0.1) is 0 Å². The minimum atomic E-state index is -4.37. The summed E-state index contributed by atoms with van der Waals surface area (Å²) in [6.07, 6.45) is 87.5. The minimum Gasteiger partial charge on any atom is -0.387 e. The van der Waals surface area contributed by atoms with Gasteiger partial charge in [0, 0.05) is 6.42 Å². The van der Waals surface area contributed by atoms with Crippen LogP contribution in [0.25, 0.3) is 0 Å². The lowest BCUT2D eigenvalue weighted by Crippen LogP contribution is -2.45. The number of unbranched alkanes of at least 4 members (excludes halogenated alkanes) is 52. The molecule has 0 aromatic heterocycles. The summed E-state index contributed by atoms with van der Waals surface area (Å²) in [6.45, 7) is 4.85. The van der Waals surface area contributed by atoms with Crippen LogP contribution in [0.15, 0.2) is 36.5 Å². The van der Waals surface area contributed by atoms with Crippen LogP contribution in [0.2, 0.25) is 0 Å².